The monoisotopic (exact) mass is 238 g/mol. The molecule has 5 heteroatoms. The summed E-state index contributed by atoms with van der Waals surface area (Å²) >= 11 is 0. The first kappa shape index (κ1) is 13.7. The molecule has 0 fully saturated rings. The largest absolute Gasteiger partial charge is 0.477 e. The van der Waals surface area contributed by atoms with E-state index in [1.165, 1.54) is 0 Å². The van der Waals surface area contributed by atoms with Crippen LogP contribution in [0.2, 0.25) is 0 Å². The van der Waals surface area contributed by atoms with Gasteiger partial charge in [-0.25, -0.2) is 0 Å². The number of aromatic nitrogens is 2. The fourth-order valence-corrected chi connectivity index (χ4v) is 1.59. The maximum atomic E-state index is 5.56. The van der Waals surface area contributed by atoms with Gasteiger partial charge in [-0.15, -0.1) is 0 Å². The van der Waals surface area contributed by atoms with Gasteiger partial charge in [-0.1, -0.05) is 13.3 Å². The smallest absolute Gasteiger partial charge is 0.234 e. The highest BCUT2D eigenvalue weighted by Gasteiger charge is 2.06. The summed E-state index contributed by atoms with van der Waals surface area (Å²) < 4.78 is 5.29. The van der Waals surface area contributed by atoms with E-state index in [0.29, 0.717) is 18.4 Å². The fraction of sp³-hybridized carbons (Fsp3) is 0.667. The molecule has 0 bridgehead atoms. The maximum Gasteiger partial charge on any atom is 0.234 e. The van der Waals surface area contributed by atoms with E-state index in [-0.39, 0.29) is 0 Å². The minimum Gasteiger partial charge on any atom is -0.477 e. The van der Waals surface area contributed by atoms with Crippen LogP contribution in [0.25, 0.3) is 0 Å². The number of hydrogen-bond acceptors (Lipinski definition) is 5. The lowest BCUT2D eigenvalue weighted by molar-refractivity contribution is 0.325. The Morgan fingerprint density at radius 1 is 1.41 bits per heavy atom. The first-order valence-electron chi connectivity index (χ1n) is 6.18. The van der Waals surface area contributed by atoms with Gasteiger partial charge in [0.05, 0.1) is 19.0 Å². The SMILES string of the molecule is CCOc1cncc(NCC(CC)CCN)n1. The molecule has 0 amide bonds. The predicted molar refractivity (Wildman–Crippen MR) is 69.1 cm³/mol. The molecule has 5 nitrogen and oxygen atoms in total. The van der Waals surface area contributed by atoms with Gasteiger partial charge in [0.2, 0.25) is 5.88 Å². The topological polar surface area (TPSA) is 73.1 Å². The zero-order valence-electron chi connectivity index (χ0n) is 10.6. The van der Waals surface area contributed by atoms with Gasteiger partial charge in [0.15, 0.2) is 0 Å². The van der Waals surface area contributed by atoms with E-state index in [2.05, 4.69) is 22.2 Å². The Morgan fingerprint density at radius 2 is 2.24 bits per heavy atom. The molecule has 0 radical (unpaired) electrons. The molecule has 0 saturated heterocycles. The zero-order chi connectivity index (χ0) is 12.5. The molecule has 0 aliphatic carbocycles. The Kier molecular flexibility index (Phi) is 6.32. The molecule has 3 N–H and O–H groups in total. The molecule has 17 heavy (non-hydrogen) atoms. The van der Waals surface area contributed by atoms with Crippen LogP contribution >= 0.6 is 0 Å². The van der Waals surface area contributed by atoms with Crippen molar-refractivity contribution < 1.29 is 4.74 Å². The first-order valence-corrected chi connectivity index (χ1v) is 6.18. The number of nitrogens with one attached hydrogen (secondary N) is 1. The van der Waals surface area contributed by atoms with Gasteiger partial charge in [-0.3, -0.25) is 4.98 Å². The molecule has 1 atom stereocenters. The Bertz CT molecular complexity index is 319. The summed E-state index contributed by atoms with van der Waals surface area (Å²) in [6.07, 6.45) is 5.47. The molecule has 0 aromatic carbocycles. The van der Waals surface area contributed by atoms with E-state index in [0.717, 1.165) is 31.7 Å². The summed E-state index contributed by atoms with van der Waals surface area (Å²) in [5, 5.41) is 3.27. The van der Waals surface area contributed by atoms with Crippen molar-refractivity contribution in [3.63, 3.8) is 0 Å². The number of hydrogen-bond donors (Lipinski definition) is 2. The van der Waals surface area contributed by atoms with E-state index < -0.39 is 0 Å². The molecule has 1 heterocycles. The molecule has 1 aromatic rings. The van der Waals surface area contributed by atoms with Gasteiger partial charge in [-0.05, 0) is 25.8 Å². The average Bonchev–Trinajstić information content (AvgIpc) is 2.35. The summed E-state index contributed by atoms with van der Waals surface area (Å²) in [5.74, 6) is 1.90. The molecule has 0 aliphatic heterocycles. The third-order valence-corrected chi connectivity index (χ3v) is 2.63. The maximum absolute atomic E-state index is 5.56. The minimum absolute atomic E-state index is 0.560. The number of ether oxygens (including phenoxy) is 1. The second kappa shape index (κ2) is 7.84. The van der Waals surface area contributed by atoms with Crippen molar-refractivity contribution in [2.45, 2.75) is 26.7 Å². The second-order valence-electron chi connectivity index (χ2n) is 3.91. The van der Waals surface area contributed by atoms with Crippen LogP contribution in [0.3, 0.4) is 0 Å². The number of nitrogens with two attached hydrogens (primary N) is 1. The van der Waals surface area contributed by atoms with Crippen LogP contribution in [0.5, 0.6) is 5.88 Å². The summed E-state index contributed by atoms with van der Waals surface area (Å²) in [6.45, 7) is 6.30. The first-order chi connectivity index (χ1) is 8.30. The van der Waals surface area contributed by atoms with Gasteiger partial charge >= 0.3 is 0 Å². The highest BCUT2D eigenvalue weighted by Crippen LogP contribution is 2.12. The lowest BCUT2D eigenvalue weighted by Crippen LogP contribution is -2.18. The Hall–Kier alpha value is -1.36. The van der Waals surface area contributed by atoms with E-state index in [4.69, 9.17) is 10.5 Å². The summed E-state index contributed by atoms with van der Waals surface area (Å²) in [6, 6.07) is 0. The molecular weight excluding hydrogens is 216 g/mol. The van der Waals surface area contributed by atoms with Crippen molar-refractivity contribution in [3.05, 3.63) is 12.4 Å². The molecule has 96 valence electrons. The van der Waals surface area contributed by atoms with Crippen molar-refractivity contribution in [1.82, 2.24) is 9.97 Å². The van der Waals surface area contributed by atoms with Crippen LogP contribution in [-0.4, -0.2) is 29.7 Å². The average molecular weight is 238 g/mol. The third-order valence-electron chi connectivity index (χ3n) is 2.63. The molecule has 0 spiro atoms. The lowest BCUT2D eigenvalue weighted by Gasteiger charge is -2.15. The summed E-state index contributed by atoms with van der Waals surface area (Å²) in [5.41, 5.74) is 5.56. The van der Waals surface area contributed by atoms with Crippen molar-refractivity contribution >= 4 is 5.82 Å². The molecule has 1 aromatic heterocycles. The molecule has 0 saturated carbocycles. The minimum atomic E-state index is 0.560. The zero-order valence-corrected chi connectivity index (χ0v) is 10.6. The second-order valence-corrected chi connectivity index (χ2v) is 3.91. The van der Waals surface area contributed by atoms with Crippen molar-refractivity contribution in [3.8, 4) is 5.88 Å². The molecule has 0 aliphatic rings. The highest BCUT2D eigenvalue weighted by atomic mass is 16.5. The summed E-state index contributed by atoms with van der Waals surface area (Å²) in [4.78, 5) is 8.38. The third kappa shape index (κ3) is 4.99. The van der Waals surface area contributed by atoms with E-state index in [1.807, 2.05) is 6.92 Å². The van der Waals surface area contributed by atoms with Gasteiger partial charge in [0.1, 0.15) is 5.82 Å². The van der Waals surface area contributed by atoms with Crippen molar-refractivity contribution in [2.75, 3.05) is 25.0 Å². The Balaban J connectivity index is 2.47. The summed E-state index contributed by atoms with van der Waals surface area (Å²) in [7, 11) is 0. The number of anilines is 1. The quantitative estimate of drug-likeness (QED) is 0.720. The van der Waals surface area contributed by atoms with E-state index in [1.54, 1.807) is 12.4 Å². The molecular formula is C12H22N4O. The van der Waals surface area contributed by atoms with E-state index in [9.17, 15) is 0 Å². The lowest BCUT2D eigenvalue weighted by atomic mass is 10.0. The molecule has 1 rings (SSSR count). The van der Waals surface area contributed by atoms with Gasteiger partial charge in [0, 0.05) is 6.54 Å². The predicted octanol–water partition coefficient (Wildman–Crippen LogP) is 1.66. The number of rotatable bonds is 8. The fourth-order valence-electron chi connectivity index (χ4n) is 1.59. The van der Waals surface area contributed by atoms with Crippen LogP contribution < -0.4 is 15.8 Å². The standard InChI is InChI=1S/C12H22N4O/c1-3-10(5-6-13)7-15-11-8-14-9-12(16-11)17-4-2/h8-10H,3-7,13H2,1-2H3,(H,15,16). The van der Waals surface area contributed by atoms with Gasteiger partial charge < -0.3 is 15.8 Å². The normalized spacial score (nSPS) is 12.2. The number of nitrogens with zero attached hydrogens (tertiary/aromatic N) is 2. The van der Waals surface area contributed by atoms with E-state index >= 15 is 0 Å². The van der Waals surface area contributed by atoms with Crippen LogP contribution in [0.15, 0.2) is 12.4 Å². The van der Waals surface area contributed by atoms with Crippen LogP contribution in [0.1, 0.15) is 26.7 Å². The van der Waals surface area contributed by atoms with Crippen LogP contribution in [0.4, 0.5) is 5.82 Å². The van der Waals surface area contributed by atoms with Crippen LogP contribution in [-0.2, 0) is 0 Å². The van der Waals surface area contributed by atoms with Crippen molar-refractivity contribution in [1.29, 1.82) is 0 Å². The Labute approximate surface area is 103 Å². The van der Waals surface area contributed by atoms with Crippen LogP contribution in [0, 0.1) is 5.92 Å². The molecule has 1 unspecified atom stereocenters. The van der Waals surface area contributed by atoms with Gasteiger partial charge in [0.25, 0.3) is 0 Å². The van der Waals surface area contributed by atoms with Crippen molar-refractivity contribution in [2.24, 2.45) is 11.7 Å². The Morgan fingerprint density at radius 3 is 2.88 bits per heavy atom. The van der Waals surface area contributed by atoms with Gasteiger partial charge in [-0.2, -0.15) is 4.98 Å². The highest BCUT2D eigenvalue weighted by molar-refractivity contribution is 5.33.